The summed E-state index contributed by atoms with van der Waals surface area (Å²) in [6.07, 6.45) is 0. The number of benzene rings is 2. The van der Waals surface area contributed by atoms with E-state index in [2.05, 4.69) is 15.9 Å². The number of hydrogen-bond donors (Lipinski definition) is 0. The average Bonchev–Trinajstić information content (AvgIpc) is 2.38. The molecule has 0 unspecified atom stereocenters. The maximum Gasteiger partial charge on any atom is 0.146 e. The van der Waals surface area contributed by atoms with Gasteiger partial charge in [-0.15, -0.1) is 0 Å². The molecule has 0 aliphatic carbocycles. The number of nitrogens with zero attached hydrogens (tertiary/aromatic N) is 1. The van der Waals surface area contributed by atoms with Gasteiger partial charge in [-0.3, -0.25) is 0 Å². The minimum Gasteiger partial charge on any atom is -0.368 e. The monoisotopic (exact) mass is 325 g/mol. The Bertz CT molecular complexity index is 572. The summed E-state index contributed by atoms with van der Waals surface area (Å²) in [6.45, 7) is 0.461. The Morgan fingerprint density at radius 1 is 1.05 bits per heavy atom. The molecule has 0 aromatic heterocycles. The number of hydrogen-bond acceptors (Lipinski definition) is 1. The predicted molar refractivity (Wildman–Crippen MR) is 77.5 cm³/mol. The third kappa shape index (κ3) is 3.53. The van der Waals surface area contributed by atoms with Gasteiger partial charge in [-0.1, -0.05) is 34.1 Å². The van der Waals surface area contributed by atoms with Gasteiger partial charge >= 0.3 is 0 Å². The molecule has 0 radical (unpaired) electrons. The largest absolute Gasteiger partial charge is 0.368 e. The summed E-state index contributed by atoms with van der Waals surface area (Å²) in [5.41, 5.74) is 2.21. The highest BCUT2D eigenvalue weighted by atomic mass is 79.9. The molecule has 1 nitrogen and oxygen atoms in total. The van der Waals surface area contributed by atoms with Crippen LogP contribution in [-0.4, -0.2) is 7.05 Å². The summed E-state index contributed by atoms with van der Waals surface area (Å²) in [6, 6.07) is 11.5. The van der Waals surface area contributed by atoms with Crippen LogP contribution < -0.4 is 4.90 Å². The van der Waals surface area contributed by atoms with Crippen molar-refractivity contribution in [3.8, 4) is 0 Å². The van der Waals surface area contributed by atoms with Crippen molar-refractivity contribution in [2.24, 2.45) is 0 Å². The van der Waals surface area contributed by atoms with Crippen LogP contribution in [0.3, 0.4) is 0 Å². The zero-order valence-corrected chi connectivity index (χ0v) is 12.1. The van der Waals surface area contributed by atoms with Gasteiger partial charge in [0, 0.05) is 18.9 Å². The molecule has 0 N–H and O–H groups in total. The number of alkyl halides is 1. The van der Waals surface area contributed by atoms with E-state index >= 15 is 0 Å². The Hall–Kier alpha value is -1.42. The van der Waals surface area contributed by atoms with E-state index in [9.17, 15) is 8.78 Å². The van der Waals surface area contributed by atoms with Crippen LogP contribution in [0.4, 0.5) is 14.5 Å². The molecular weight excluding hydrogens is 312 g/mol. The van der Waals surface area contributed by atoms with Crippen molar-refractivity contribution in [1.82, 2.24) is 0 Å². The molecule has 2 aromatic carbocycles. The lowest BCUT2D eigenvalue weighted by molar-refractivity contribution is 0.618. The fourth-order valence-electron chi connectivity index (χ4n) is 1.94. The van der Waals surface area contributed by atoms with Gasteiger partial charge in [0.25, 0.3) is 0 Å². The van der Waals surface area contributed by atoms with Gasteiger partial charge in [0.2, 0.25) is 0 Å². The van der Waals surface area contributed by atoms with Crippen LogP contribution in [0.1, 0.15) is 11.1 Å². The fourth-order valence-corrected chi connectivity index (χ4v) is 2.29. The molecule has 2 rings (SSSR count). The quantitative estimate of drug-likeness (QED) is 0.748. The van der Waals surface area contributed by atoms with Gasteiger partial charge in [-0.05, 0) is 35.4 Å². The van der Waals surface area contributed by atoms with Crippen LogP contribution >= 0.6 is 15.9 Å². The zero-order valence-electron chi connectivity index (χ0n) is 10.5. The molecule has 4 heteroatoms. The molecule has 0 heterocycles. The summed E-state index contributed by atoms with van der Waals surface area (Å²) < 4.78 is 27.0. The lowest BCUT2D eigenvalue weighted by atomic mass is 10.1. The summed E-state index contributed by atoms with van der Waals surface area (Å²) in [4.78, 5) is 1.77. The minimum absolute atomic E-state index is 0.268. The average molecular weight is 326 g/mol. The minimum atomic E-state index is -0.277. The van der Waals surface area contributed by atoms with Crippen LogP contribution in [0.5, 0.6) is 0 Å². The van der Waals surface area contributed by atoms with E-state index in [-0.39, 0.29) is 11.6 Å². The van der Waals surface area contributed by atoms with E-state index in [0.29, 0.717) is 17.6 Å². The van der Waals surface area contributed by atoms with Gasteiger partial charge in [-0.25, -0.2) is 8.78 Å². The molecule has 0 atom stereocenters. The van der Waals surface area contributed by atoms with Crippen molar-refractivity contribution in [1.29, 1.82) is 0 Å². The van der Waals surface area contributed by atoms with Gasteiger partial charge in [0.05, 0.1) is 5.69 Å². The van der Waals surface area contributed by atoms with E-state index in [1.807, 2.05) is 12.1 Å². The molecule has 0 saturated heterocycles. The van der Waals surface area contributed by atoms with Crippen LogP contribution in [-0.2, 0) is 11.9 Å². The Morgan fingerprint density at radius 2 is 1.84 bits per heavy atom. The van der Waals surface area contributed by atoms with E-state index in [1.54, 1.807) is 24.1 Å². The van der Waals surface area contributed by atoms with E-state index in [0.717, 1.165) is 11.1 Å². The third-order valence-corrected chi connectivity index (χ3v) is 3.53. The highest BCUT2D eigenvalue weighted by Gasteiger charge is 2.09. The van der Waals surface area contributed by atoms with Crippen molar-refractivity contribution in [3.63, 3.8) is 0 Å². The summed E-state index contributed by atoms with van der Waals surface area (Å²) >= 11 is 3.29. The second kappa shape index (κ2) is 6.15. The zero-order chi connectivity index (χ0) is 13.8. The molecule has 19 heavy (non-hydrogen) atoms. The van der Waals surface area contributed by atoms with E-state index in [1.165, 1.54) is 18.2 Å². The van der Waals surface area contributed by atoms with Crippen LogP contribution in [0.2, 0.25) is 0 Å². The van der Waals surface area contributed by atoms with Crippen molar-refractivity contribution in [3.05, 3.63) is 65.2 Å². The van der Waals surface area contributed by atoms with Gasteiger partial charge in [-0.2, -0.15) is 0 Å². The van der Waals surface area contributed by atoms with E-state index < -0.39 is 0 Å². The third-order valence-electron chi connectivity index (χ3n) is 2.89. The number of anilines is 1. The molecule has 0 amide bonds. The second-order valence-corrected chi connectivity index (χ2v) is 4.97. The molecule has 0 aliphatic rings. The smallest absolute Gasteiger partial charge is 0.146 e. The van der Waals surface area contributed by atoms with Crippen molar-refractivity contribution >= 4 is 21.6 Å². The Labute approximate surface area is 120 Å². The van der Waals surface area contributed by atoms with Gasteiger partial charge in [0.15, 0.2) is 0 Å². The molecule has 0 spiro atoms. The maximum absolute atomic E-state index is 13.9. The molecule has 100 valence electrons. The SMILES string of the molecule is CN(Cc1cccc(F)c1)c1ccc(CBr)cc1F. The van der Waals surface area contributed by atoms with Crippen molar-refractivity contribution < 1.29 is 8.78 Å². The summed E-state index contributed by atoms with van der Waals surface area (Å²) in [7, 11) is 1.79. The standard InChI is InChI=1S/C15H14BrF2N/c1-19(10-12-3-2-4-13(17)7-12)15-6-5-11(9-16)8-14(15)18/h2-8H,9-10H2,1H3. The first kappa shape index (κ1) is 14.0. The highest BCUT2D eigenvalue weighted by molar-refractivity contribution is 9.08. The van der Waals surface area contributed by atoms with Crippen molar-refractivity contribution in [2.75, 3.05) is 11.9 Å². The lowest BCUT2D eigenvalue weighted by Gasteiger charge is -2.20. The summed E-state index contributed by atoms with van der Waals surface area (Å²) in [5.74, 6) is -0.545. The summed E-state index contributed by atoms with van der Waals surface area (Å²) in [5, 5.41) is 0.623. The van der Waals surface area contributed by atoms with Crippen LogP contribution in [0, 0.1) is 11.6 Å². The molecule has 0 bridgehead atoms. The molecular formula is C15H14BrF2N. The number of halogens is 3. The van der Waals surface area contributed by atoms with Crippen LogP contribution in [0.15, 0.2) is 42.5 Å². The first-order valence-corrected chi connectivity index (χ1v) is 7.02. The fraction of sp³-hybridized carbons (Fsp3) is 0.200. The van der Waals surface area contributed by atoms with Crippen molar-refractivity contribution in [2.45, 2.75) is 11.9 Å². The van der Waals surface area contributed by atoms with Gasteiger partial charge in [0.1, 0.15) is 11.6 Å². The van der Waals surface area contributed by atoms with Crippen LogP contribution in [0.25, 0.3) is 0 Å². The first-order chi connectivity index (χ1) is 9.10. The lowest BCUT2D eigenvalue weighted by Crippen LogP contribution is -2.17. The molecule has 0 aliphatic heterocycles. The second-order valence-electron chi connectivity index (χ2n) is 4.41. The topological polar surface area (TPSA) is 3.24 Å². The Balaban J connectivity index is 2.18. The first-order valence-electron chi connectivity index (χ1n) is 5.90. The highest BCUT2D eigenvalue weighted by Crippen LogP contribution is 2.22. The predicted octanol–water partition coefficient (Wildman–Crippen LogP) is 4.50. The maximum atomic E-state index is 13.9. The molecule has 2 aromatic rings. The Morgan fingerprint density at radius 3 is 2.47 bits per heavy atom. The normalized spacial score (nSPS) is 10.5. The Kier molecular flexibility index (Phi) is 4.53. The van der Waals surface area contributed by atoms with E-state index in [4.69, 9.17) is 0 Å². The molecule has 0 fully saturated rings. The number of rotatable bonds is 4. The molecule has 0 saturated carbocycles. The van der Waals surface area contributed by atoms with Gasteiger partial charge < -0.3 is 4.90 Å².